The minimum atomic E-state index is 0.376. The first-order valence-corrected chi connectivity index (χ1v) is 9.52. The van der Waals surface area contributed by atoms with Gasteiger partial charge >= 0.3 is 0 Å². The van der Waals surface area contributed by atoms with Crippen LogP contribution in [-0.2, 0) is 25.8 Å². The van der Waals surface area contributed by atoms with Crippen molar-refractivity contribution in [2.75, 3.05) is 0 Å². The first-order valence-electron chi connectivity index (χ1n) is 9.52. The molecule has 0 bridgehead atoms. The van der Waals surface area contributed by atoms with Crippen LogP contribution in [0.4, 0.5) is 0 Å². The van der Waals surface area contributed by atoms with Crippen molar-refractivity contribution in [3.8, 4) is 0 Å². The van der Waals surface area contributed by atoms with E-state index in [1.807, 2.05) is 0 Å². The fourth-order valence-electron chi connectivity index (χ4n) is 4.14. The summed E-state index contributed by atoms with van der Waals surface area (Å²) in [4.78, 5) is 3.68. The summed E-state index contributed by atoms with van der Waals surface area (Å²) >= 11 is 0. The second-order valence-corrected chi connectivity index (χ2v) is 7.13. The zero-order valence-corrected chi connectivity index (χ0v) is 15.4. The molecule has 25 heavy (non-hydrogen) atoms. The third kappa shape index (κ3) is 2.89. The SMILES string of the molecule is CCc1noc(CC)c1CNC1CCCc2c1[nH]c1ccc(C)cc21. The summed E-state index contributed by atoms with van der Waals surface area (Å²) in [6.45, 7) is 7.26. The van der Waals surface area contributed by atoms with Crippen molar-refractivity contribution in [2.45, 2.75) is 65.5 Å². The van der Waals surface area contributed by atoms with Crippen molar-refractivity contribution in [2.24, 2.45) is 0 Å². The normalized spacial score (nSPS) is 17.2. The topological polar surface area (TPSA) is 53.9 Å². The summed E-state index contributed by atoms with van der Waals surface area (Å²) < 4.78 is 5.51. The monoisotopic (exact) mass is 337 g/mol. The highest BCUT2D eigenvalue weighted by atomic mass is 16.5. The molecule has 4 rings (SSSR count). The molecule has 0 saturated carbocycles. The molecule has 4 heteroatoms. The van der Waals surface area contributed by atoms with E-state index in [2.05, 4.69) is 54.4 Å². The summed E-state index contributed by atoms with van der Waals surface area (Å²) in [6, 6.07) is 7.09. The van der Waals surface area contributed by atoms with E-state index in [0.29, 0.717) is 6.04 Å². The Labute approximate surface area is 149 Å². The van der Waals surface area contributed by atoms with E-state index in [1.54, 1.807) is 0 Å². The van der Waals surface area contributed by atoms with Crippen molar-refractivity contribution in [1.82, 2.24) is 15.5 Å². The summed E-state index contributed by atoms with van der Waals surface area (Å²) in [5, 5.41) is 9.41. The molecule has 0 saturated heterocycles. The molecule has 1 aliphatic rings. The predicted molar refractivity (Wildman–Crippen MR) is 101 cm³/mol. The highest BCUT2D eigenvalue weighted by Crippen LogP contribution is 2.35. The van der Waals surface area contributed by atoms with Gasteiger partial charge in [0.15, 0.2) is 0 Å². The minimum Gasteiger partial charge on any atom is -0.361 e. The number of hydrogen-bond acceptors (Lipinski definition) is 3. The van der Waals surface area contributed by atoms with E-state index in [-0.39, 0.29) is 0 Å². The molecule has 3 aromatic rings. The Bertz CT molecular complexity index is 869. The number of H-pyrrole nitrogens is 1. The van der Waals surface area contributed by atoms with Gasteiger partial charge in [0.2, 0.25) is 0 Å². The number of aromatic amines is 1. The molecule has 0 fully saturated rings. The quantitative estimate of drug-likeness (QED) is 0.706. The van der Waals surface area contributed by atoms with E-state index in [0.717, 1.165) is 30.8 Å². The first-order chi connectivity index (χ1) is 12.2. The van der Waals surface area contributed by atoms with Gasteiger partial charge in [0.05, 0.1) is 5.69 Å². The average Bonchev–Trinajstić information content (AvgIpc) is 3.20. The minimum absolute atomic E-state index is 0.376. The molecule has 1 atom stereocenters. The van der Waals surface area contributed by atoms with Crippen LogP contribution in [0.5, 0.6) is 0 Å². The number of nitrogens with zero attached hydrogens (tertiary/aromatic N) is 1. The predicted octanol–water partition coefficient (Wildman–Crippen LogP) is 4.76. The van der Waals surface area contributed by atoms with Crippen LogP contribution >= 0.6 is 0 Å². The van der Waals surface area contributed by atoms with E-state index >= 15 is 0 Å². The molecule has 1 aliphatic carbocycles. The van der Waals surface area contributed by atoms with E-state index in [9.17, 15) is 0 Å². The molecule has 1 aromatic carbocycles. The van der Waals surface area contributed by atoms with Gasteiger partial charge in [-0.1, -0.05) is 30.6 Å². The van der Waals surface area contributed by atoms with Crippen molar-refractivity contribution < 1.29 is 4.52 Å². The molecule has 2 aromatic heterocycles. The van der Waals surface area contributed by atoms with Gasteiger partial charge in [-0.15, -0.1) is 0 Å². The summed E-state index contributed by atoms with van der Waals surface area (Å²) in [5.74, 6) is 1.02. The lowest BCUT2D eigenvalue weighted by atomic mass is 9.91. The zero-order valence-electron chi connectivity index (χ0n) is 15.4. The van der Waals surface area contributed by atoms with Crippen LogP contribution in [0, 0.1) is 6.92 Å². The number of hydrogen-bond donors (Lipinski definition) is 2. The second kappa shape index (κ2) is 6.68. The van der Waals surface area contributed by atoms with E-state index in [4.69, 9.17) is 4.52 Å². The Kier molecular flexibility index (Phi) is 4.38. The Balaban J connectivity index is 1.62. The smallest absolute Gasteiger partial charge is 0.141 e. The summed E-state index contributed by atoms with van der Waals surface area (Å²) in [6.07, 6.45) is 5.39. The molecule has 0 amide bonds. The Morgan fingerprint density at radius 2 is 2.16 bits per heavy atom. The Morgan fingerprint density at radius 1 is 1.28 bits per heavy atom. The van der Waals surface area contributed by atoms with Gasteiger partial charge in [0.1, 0.15) is 5.76 Å². The van der Waals surface area contributed by atoms with Crippen molar-refractivity contribution in [3.05, 3.63) is 52.0 Å². The molecule has 0 aliphatic heterocycles. The van der Waals surface area contributed by atoms with Gasteiger partial charge in [-0.2, -0.15) is 0 Å². The maximum atomic E-state index is 5.51. The number of fused-ring (bicyclic) bond motifs is 3. The van der Waals surface area contributed by atoms with Gasteiger partial charge in [0.25, 0.3) is 0 Å². The van der Waals surface area contributed by atoms with E-state index < -0.39 is 0 Å². The second-order valence-electron chi connectivity index (χ2n) is 7.13. The highest BCUT2D eigenvalue weighted by molar-refractivity contribution is 5.85. The lowest BCUT2D eigenvalue weighted by molar-refractivity contribution is 0.378. The fraction of sp³-hybridized carbons (Fsp3) is 0.476. The third-order valence-corrected chi connectivity index (χ3v) is 5.49. The highest BCUT2D eigenvalue weighted by Gasteiger charge is 2.25. The Morgan fingerprint density at radius 3 is 2.96 bits per heavy atom. The lowest BCUT2D eigenvalue weighted by Crippen LogP contribution is -2.25. The fourth-order valence-corrected chi connectivity index (χ4v) is 4.14. The van der Waals surface area contributed by atoms with Gasteiger partial charge in [-0.25, -0.2) is 0 Å². The molecular formula is C21H27N3O. The van der Waals surface area contributed by atoms with Gasteiger partial charge in [-0.3, -0.25) is 0 Å². The zero-order chi connectivity index (χ0) is 17.4. The van der Waals surface area contributed by atoms with Crippen LogP contribution < -0.4 is 5.32 Å². The molecule has 132 valence electrons. The molecule has 4 nitrogen and oxygen atoms in total. The number of benzene rings is 1. The molecule has 0 radical (unpaired) electrons. The van der Waals surface area contributed by atoms with Crippen LogP contribution in [0.3, 0.4) is 0 Å². The van der Waals surface area contributed by atoms with Gasteiger partial charge in [0, 0.05) is 41.2 Å². The van der Waals surface area contributed by atoms with Crippen molar-refractivity contribution in [3.63, 3.8) is 0 Å². The van der Waals surface area contributed by atoms with Crippen molar-refractivity contribution in [1.29, 1.82) is 0 Å². The summed E-state index contributed by atoms with van der Waals surface area (Å²) in [5.41, 5.74) is 7.81. The van der Waals surface area contributed by atoms with Crippen LogP contribution in [0.15, 0.2) is 22.7 Å². The van der Waals surface area contributed by atoms with Gasteiger partial charge < -0.3 is 14.8 Å². The largest absolute Gasteiger partial charge is 0.361 e. The Hall–Kier alpha value is -2.07. The molecule has 0 spiro atoms. The number of aromatic nitrogens is 2. The molecular weight excluding hydrogens is 310 g/mol. The molecule has 2 N–H and O–H groups in total. The molecule has 2 heterocycles. The first kappa shape index (κ1) is 16.4. The van der Waals surface area contributed by atoms with Crippen molar-refractivity contribution >= 4 is 10.9 Å². The standard InChI is InChI=1S/C21H27N3O/c1-4-17-16(20(5-2)25-24-17)12-22-19-8-6-7-14-15-11-13(3)9-10-18(15)23-21(14)19/h9-11,19,22-23H,4-8,12H2,1-3H3. The van der Waals surface area contributed by atoms with Crippen LogP contribution in [0.25, 0.3) is 10.9 Å². The van der Waals surface area contributed by atoms with E-state index in [1.165, 1.54) is 52.5 Å². The van der Waals surface area contributed by atoms with Crippen LogP contribution in [0.2, 0.25) is 0 Å². The van der Waals surface area contributed by atoms with Gasteiger partial charge in [-0.05, 0) is 50.3 Å². The lowest BCUT2D eigenvalue weighted by Gasteiger charge is -2.24. The van der Waals surface area contributed by atoms with Crippen LogP contribution in [0.1, 0.15) is 66.6 Å². The summed E-state index contributed by atoms with van der Waals surface area (Å²) in [7, 11) is 0. The maximum absolute atomic E-state index is 5.51. The number of aryl methyl sites for hydroxylation is 4. The van der Waals surface area contributed by atoms with Crippen LogP contribution in [-0.4, -0.2) is 10.1 Å². The average molecular weight is 337 g/mol. The molecule has 1 unspecified atom stereocenters. The number of rotatable bonds is 5. The maximum Gasteiger partial charge on any atom is 0.141 e. The third-order valence-electron chi connectivity index (χ3n) is 5.49. The number of nitrogens with one attached hydrogen (secondary N) is 2.